The number of aryl methyl sites for hydroxylation is 1. The predicted molar refractivity (Wildman–Crippen MR) is 55.0 cm³/mol. The van der Waals surface area contributed by atoms with Gasteiger partial charge in [-0.15, -0.1) is 0 Å². The van der Waals surface area contributed by atoms with E-state index in [1.165, 1.54) is 0 Å². The van der Waals surface area contributed by atoms with E-state index in [1.807, 2.05) is 6.92 Å². The molecule has 68 valence electrons. The lowest BCUT2D eigenvalue weighted by Crippen LogP contribution is -1.91. The van der Waals surface area contributed by atoms with E-state index in [9.17, 15) is 0 Å². The summed E-state index contributed by atoms with van der Waals surface area (Å²) in [6, 6.07) is 0. The second-order valence-corrected chi connectivity index (χ2v) is 4.66. The van der Waals surface area contributed by atoms with Gasteiger partial charge in [0.15, 0.2) is 0 Å². The van der Waals surface area contributed by atoms with Crippen LogP contribution < -0.4 is 4.74 Å². The second kappa shape index (κ2) is 4.82. The Morgan fingerprint density at radius 3 is 2.83 bits per heavy atom. The van der Waals surface area contributed by atoms with Gasteiger partial charge >= 0.3 is 0 Å². The summed E-state index contributed by atoms with van der Waals surface area (Å²) < 4.78 is 6.40. The Morgan fingerprint density at radius 1 is 1.50 bits per heavy atom. The summed E-state index contributed by atoms with van der Waals surface area (Å²) >= 11 is 5.03. The SMILES string of the molecule is CCCc1nc(OCC)sc1Br. The number of aromatic nitrogens is 1. The van der Waals surface area contributed by atoms with Crippen molar-refractivity contribution in [3.8, 4) is 5.19 Å². The van der Waals surface area contributed by atoms with Crippen molar-refractivity contribution in [2.45, 2.75) is 26.7 Å². The van der Waals surface area contributed by atoms with Crippen molar-refractivity contribution in [2.24, 2.45) is 0 Å². The van der Waals surface area contributed by atoms with E-state index >= 15 is 0 Å². The Kier molecular flexibility index (Phi) is 4.01. The third-order valence-corrected chi connectivity index (χ3v) is 3.13. The van der Waals surface area contributed by atoms with E-state index in [2.05, 4.69) is 27.8 Å². The van der Waals surface area contributed by atoms with Crippen LogP contribution in [0.2, 0.25) is 0 Å². The molecule has 0 amide bonds. The molecule has 0 aromatic carbocycles. The molecular weight excluding hydrogens is 238 g/mol. The first-order chi connectivity index (χ1) is 5.77. The zero-order valence-corrected chi connectivity index (χ0v) is 9.67. The van der Waals surface area contributed by atoms with Crippen LogP contribution in [-0.2, 0) is 6.42 Å². The zero-order valence-electron chi connectivity index (χ0n) is 7.26. The van der Waals surface area contributed by atoms with Gasteiger partial charge in [0.2, 0.25) is 0 Å². The zero-order chi connectivity index (χ0) is 8.97. The van der Waals surface area contributed by atoms with Gasteiger partial charge in [-0.3, -0.25) is 0 Å². The van der Waals surface area contributed by atoms with Gasteiger partial charge in [-0.1, -0.05) is 24.7 Å². The molecule has 0 aliphatic carbocycles. The van der Waals surface area contributed by atoms with E-state index in [0.717, 1.165) is 27.5 Å². The van der Waals surface area contributed by atoms with Gasteiger partial charge < -0.3 is 4.74 Å². The predicted octanol–water partition coefficient (Wildman–Crippen LogP) is 3.26. The van der Waals surface area contributed by atoms with E-state index in [1.54, 1.807) is 11.3 Å². The molecule has 12 heavy (non-hydrogen) atoms. The minimum Gasteiger partial charge on any atom is -0.470 e. The van der Waals surface area contributed by atoms with Gasteiger partial charge in [-0.05, 0) is 29.3 Å². The van der Waals surface area contributed by atoms with Crippen molar-refractivity contribution in [3.05, 3.63) is 9.48 Å². The van der Waals surface area contributed by atoms with E-state index in [-0.39, 0.29) is 0 Å². The topological polar surface area (TPSA) is 22.1 Å². The van der Waals surface area contributed by atoms with E-state index in [4.69, 9.17) is 4.74 Å². The monoisotopic (exact) mass is 249 g/mol. The van der Waals surface area contributed by atoms with Gasteiger partial charge in [0.05, 0.1) is 16.1 Å². The number of thiazole rings is 1. The molecule has 1 rings (SSSR count). The highest BCUT2D eigenvalue weighted by molar-refractivity contribution is 9.11. The third-order valence-electron chi connectivity index (χ3n) is 1.38. The van der Waals surface area contributed by atoms with Crippen LogP contribution in [0.25, 0.3) is 0 Å². The molecule has 0 aliphatic rings. The summed E-state index contributed by atoms with van der Waals surface area (Å²) in [6.45, 7) is 4.80. The molecule has 4 heteroatoms. The van der Waals surface area contributed by atoms with Gasteiger partial charge in [0.25, 0.3) is 5.19 Å². The van der Waals surface area contributed by atoms with Crippen LogP contribution in [-0.4, -0.2) is 11.6 Å². The third kappa shape index (κ3) is 2.45. The van der Waals surface area contributed by atoms with Crippen molar-refractivity contribution >= 4 is 27.3 Å². The van der Waals surface area contributed by atoms with Crippen LogP contribution in [0.1, 0.15) is 26.0 Å². The lowest BCUT2D eigenvalue weighted by Gasteiger charge is -1.93. The second-order valence-electron chi connectivity index (χ2n) is 2.38. The molecule has 0 fully saturated rings. The fourth-order valence-corrected chi connectivity index (χ4v) is 2.34. The van der Waals surface area contributed by atoms with Crippen LogP contribution in [0, 0.1) is 0 Å². The quantitative estimate of drug-likeness (QED) is 0.818. The Hall–Kier alpha value is -0.0900. The first-order valence-corrected chi connectivity index (χ1v) is 5.66. The Bertz CT molecular complexity index is 249. The molecule has 0 saturated heterocycles. The smallest absolute Gasteiger partial charge is 0.274 e. The molecular formula is C8H12BrNOS. The highest BCUT2D eigenvalue weighted by atomic mass is 79.9. The van der Waals surface area contributed by atoms with Crippen molar-refractivity contribution in [1.29, 1.82) is 0 Å². The van der Waals surface area contributed by atoms with E-state index < -0.39 is 0 Å². The number of nitrogens with zero attached hydrogens (tertiary/aromatic N) is 1. The van der Waals surface area contributed by atoms with Crippen molar-refractivity contribution < 1.29 is 4.74 Å². The van der Waals surface area contributed by atoms with Crippen LogP contribution in [0.5, 0.6) is 5.19 Å². The van der Waals surface area contributed by atoms with Crippen LogP contribution in [0.4, 0.5) is 0 Å². The number of ether oxygens (including phenoxy) is 1. The van der Waals surface area contributed by atoms with Gasteiger partial charge in [0, 0.05) is 0 Å². The van der Waals surface area contributed by atoms with Crippen LogP contribution in [0.3, 0.4) is 0 Å². The van der Waals surface area contributed by atoms with Gasteiger partial charge in [-0.25, -0.2) is 4.98 Å². The number of rotatable bonds is 4. The number of halogens is 1. The Balaban J connectivity index is 2.70. The van der Waals surface area contributed by atoms with Crippen LogP contribution >= 0.6 is 27.3 Å². The summed E-state index contributed by atoms with van der Waals surface area (Å²) in [5, 5.41) is 0.771. The van der Waals surface area contributed by atoms with Crippen molar-refractivity contribution in [2.75, 3.05) is 6.61 Å². The average Bonchev–Trinajstić information content (AvgIpc) is 2.34. The molecule has 0 spiro atoms. The molecule has 0 unspecified atom stereocenters. The molecule has 0 saturated carbocycles. The molecule has 0 aliphatic heterocycles. The maximum Gasteiger partial charge on any atom is 0.274 e. The molecule has 0 N–H and O–H groups in total. The summed E-state index contributed by atoms with van der Waals surface area (Å²) in [5.74, 6) is 0. The highest BCUT2D eigenvalue weighted by Gasteiger charge is 2.07. The minimum atomic E-state index is 0.686. The van der Waals surface area contributed by atoms with Crippen LogP contribution in [0.15, 0.2) is 3.79 Å². The lowest BCUT2D eigenvalue weighted by atomic mass is 10.3. The molecule has 0 atom stereocenters. The van der Waals surface area contributed by atoms with Gasteiger partial charge in [-0.2, -0.15) is 0 Å². The summed E-state index contributed by atoms with van der Waals surface area (Å²) in [4.78, 5) is 4.34. The van der Waals surface area contributed by atoms with E-state index in [0.29, 0.717) is 6.61 Å². The molecule has 1 heterocycles. The molecule has 0 bridgehead atoms. The summed E-state index contributed by atoms with van der Waals surface area (Å²) in [5.41, 5.74) is 1.12. The fraction of sp³-hybridized carbons (Fsp3) is 0.625. The molecule has 1 aromatic rings. The summed E-state index contributed by atoms with van der Waals surface area (Å²) in [7, 11) is 0. The Morgan fingerprint density at radius 2 is 2.25 bits per heavy atom. The normalized spacial score (nSPS) is 10.2. The minimum absolute atomic E-state index is 0.686. The van der Waals surface area contributed by atoms with Crippen molar-refractivity contribution in [1.82, 2.24) is 4.98 Å². The first-order valence-electron chi connectivity index (χ1n) is 4.06. The molecule has 1 aromatic heterocycles. The molecule has 0 radical (unpaired) electrons. The maximum atomic E-state index is 5.29. The lowest BCUT2D eigenvalue weighted by molar-refractivity contribution is 0.337. The Labute approximate surface area is 85.1 Å². The number of hydrogen-bond donors (Lipinski definition) is 0. The maximum absolute atomic E-state index is 5.29. The largest absolute Gasteiger partial charge is 0.470 e. The highest BCUT2D eigenvalue weighted by Crippen LogP contribution is 2.30. The standard InChI is InChI=1S/C8H12BrNOS/c1-3-5-6-7(9)12-8(10-6)11-4-2/h3-5H2,1-2H3. The fourth-order valence-electron chi connectivity index (χ4n) is 0.889. The summed E-state index contributed by atoms with van der Waals surface area (Å²) in [6.07, 6.45) is 2.14. The first kappa shape index (κ1) is 9.99. The average molecular weight is 250 g/mol. The number of hydrogen-bond acceptors (Lipinski definition) is 3. The van der Waals surface area contributed by atoms with Crippen molar-refractivity contribution in [3.63, 3.8) is 0 Å². The van der Waals surface area contributed by atoms with Gasteiger partial charge in [0.1, 0.15) is 0 Å². The molecule has 2 nitrogen and oxygen atoms in total.